The lowest BCUT2D eigenvalue weighted by Gasteiger charge is -2.36. The number of anilines is 2. The molecule has 0 aliphatic heterocycles. The molecule has 2 rings (SSSR count). The maximum atomic E-state index is 12.0. The summed E-state index contributed by atoms with van der Waals surface area (Å²) in [5.41, 5.74) is 1.92. The van der Waals surface area contributed by atoms with Crippen molar-refractivity contribution in [3.8, 4) is 0 Å². The number of halogens is 1. The molecule has 0 aliphatic rings. The Bertz CT molecular complexity index is 837. The number of thiophene rings is 1. The standard InChI is InChI=1S/C22H34ClN3O3SSi/c1-22(2,3)31(4,5)29-13-12-24-16-6-8-17(9-7-16)25-14-18(27)15-26-21(28)19-10-11-20(23)30-19/h6-11,18,24-25,27H,12-15H2,1-5H3,(H,26,28)/t18-/m1/s1. The summed E-state index contributed by atoms with van der Waals surface area (Å²) in [6.07, 6.45) is -0.704. The molecule has 1 aromatic heterocycles. The van der Waals surface area contributed by atoms with Gasteiger partial charge in [0.15, 0.2) is 8.32 Å². The quantitative estimate of drug-likeness (QED) is 0.266. The molecule has 1 heterocycles. The molecule has 31 heavy (non-hydrogen) atoms. The van der Waals surface area contributed by atoms with E-state index in [4.69, 9.17) is 16.0 Å². The van der Waals surface area contributed by atoms with Crippen LogP contribution in [0.1, 0.15) is 30.4 Å². The second kappa shape index (κ2) is 11.3. The van der Waals surface area contributed by atoms with E-state index in [9.17, 15) is 9.90 Å². The summed E-state index contributed by atoms with van der Waals surface area (Å²) in [4.78, 5) is 12.5. The summed E-state index contributed by atoms with van der Waals surface area (Å²) in [5, 5.41) is 19.6. The van der Waals surface area contributed by atoms with Gasteiger partial charge in [0.2, 0.25) is 0 Å². The Hall–Kier alpha value is -1.58. The Labute approximate surface area is 195 Å². The van der Waals surface area contributed by atoms with Crippen molar-refractivity contribution in [3.63, 3.8) is 0 Å². The molecule has 0 saturated carbocycles. The fourth-order valence-corrected chi connectivity index (χ4v) is 4.47. The number of carbonyl (C=O) groups is 1. The SMILES string of the molecule is CC(C)(C)[Si](C)(C)OCCNc1ccc(NC[C@@H](O)CNC(=O)c2ccc(Cl)s2)cc1. The van der Waals surface area contributed by atoms with Gasteiger partial charge >= 0.3 is 0 Å². The Morgan fingerprint density at radius 1 is 1.10 bits per heavy atom. The minimum absolute atomic E-state index is 0.162. The van der Waals surface area contributed by atoms with Crippen LogP contribution in [0.3, 0.4) is 0 Å². The van der Waals surface area contributed by atoms with Crippen molar-refractivity contribution in [3.05, 3.63) is 45.6 Å². The summed E-state index contributed by atoms with van der Waals surface area (Å²) < 4.78 is 6.74. The van der Waals surface area contributed by atoms with Crippen molar-refractivity contribution in [1.29, 1.82) is 0 Å². The first-order chi connectivity index (χ1) is 14.5. The molecule has 0 spiro atoms. The second-order valence-electron chi connectivity index (χ2n) is 8.96. The Balaban J connectivity index is 1.67. The first-order valence-corrected chi connectivity index (χ1v) is 14.5. The fourth-order valence-electron chi connectivity index (χ4n) is 2.47. The molecule has 172 valence electrons. The van der Waals surface area contributed by atoms with Crippen molar-refractivity contribution < 1.29 is 14.3 Å². The number of hydrogen-bond donors (Lipinski definition) is 4. The Morgan fingerprint density at radius 2 is 1.71 bits per heavy atom. The Morgan fingerprint density at radius 3 is 2.26 bits per heavy atom. The van der Waals surface area contributed by atoms with Crippen LogP contribution in [0.5, 0.6) is 0 Å². The predicted octanol–water partition coefficient (Wildman–Crippen LogP) is 5.04. The van der Waals surface area contributed by atoms with Gasteiger partial charge in [-0.15, -0.1) is 11.3 Å². The van der Waals surface area contributed by atoms with Crippen LogP contribution in [0.15, 0.2) is 36.4 Å². The lowest BCUT2D eigenvalue weighted by atomic mass is 10.2. The van der Waals surface area contributed by atoms with E-state index in [0.29, 0.717) is 22.4 Å². The van der Waals surface area contributed by atoms with E-state index in [1.807, 2.05) is 24.3 Å². The summed E-state index contributed by atoms with van der Waals surface area (Å²) in [5.74, 6) is -0.232. The van der Waals surface area contributed by atoms with Crippen LogP contribution >= 0.6 is 22.9 Å². The average Bonchev–Trinajstić information content (AvgIpc) is 3.14. The van der Waals surface area contributed by atoms with E-state index >= 15 is 0 Å². The van der Waals surface area contributed by atoms with Gasteiger partial charge < -0.3 is 25.5 Å². The molecule has 4 N–H and O–H groups in total. The third kappa shape index (κ3) is 8.46. The lowest BCUT2D eigenvalue weighted by molar-refractivity contribution is 0.0926. The normalized spacial score (nSPS) is 13.0. The van der Waals surface area contributed by atoms with Crippen LogP contribution in [0, 0.1) is 0 Å². The number of nitrogens with one attached hydrogen (secondary N) is 3. The number of benzene rings is 1. The van der Waals surface area contributed by atoms with Crippen LogP contribution in [0.2, 0.25) is 22.5 Å². The molecule has 1 amide bonds. The molecule has 6 nitrogen and oxygen atoms in total. The molecule has 9 heteroatoms. The van der Waals surface area contributed by atoms with Crippen LogP contribution in [0.25, 0.3) is 0 Å². The first-order valence-electron chi connectivity index (χ1n) is 10.4. The highest BCUT2D eigenvalue weighted by molar-refractivity contribution is 7.18. The summed E-state index contributed by atoms with van der Waals surface area (Å²) in [6.45, 7) is 13.2. The van der Waals surface area contributed by atoms with Gasteiger partial charge in [0.25, 0.3) is 5.91 Å². The molecule has 2 aromatic rings. The molecule has 1 aromatic carbocycles. The van der Waals surface area contributed by atoms with Crippen LogP contribution < -0.4 is 16.0 Å². The van der Waals surface area contributed by atoms with Gasteiger partial charge in [-0.05, 0) is 54.5 Å². The van der Waals surface area contributed by atoms with Crippen molar-refractivity contribution in [2.75, 3.05) is 36.9 Å². The maximum absolute atomic E-state index is 12.0. The monoisotopic (exact) mass is 483 g/mol. The van der Waals surface area contributed by atoms with E-state index < -0.39 is 14.4 Å². The molecule has 0 unspecified atom stereocenters. The number of rotatable bonds is 11. The van der Waals surface area contributed by atoms with Gasteiger partial charge in [-0.2, -0.15) is 0 Å². The zero-order chi connectivity index (χ0) is 23.1. The van der Waals surface area contributed by atoms with Crippen molar-refractivity contribution >= 4 is 48.5 Å². The van der Waals surface area contributed by atoms with E-state index in [1.54, 1.807) is 12.1 Å². The molecule has 0 bridgehead atoms. The zero-order valence-electron chi connectivity index (χ0n) is 18.9. The third-order valence-electron chi connectivity index (χ3n) is 5.42. The highest BCUT2D eigenvalue weighted by Gasteiger charge is 2.36. The summed E-state index contributed by atoms with van der Waals surface area (Å²) >= 11 is 7.05. The molecule has 1 atom stereocenters. The van der Waals surface area contributed by atoms with E-state index in [1.165, 1.54) is 11.3 Å². The highest BCUT2D eigenvalue weighted by Crippen LogP contribution is 2.36. The smallest absolute Gasteiger partial charge is 0.261 e. The van der Waals surface area contributed by atoms with Crippen LogP contribution in [-0.4, -0.2) is 51.7 Å². The molecule has 0 radical (unpaired) electrons. The van der Waals surface area contributed by atoms with Gasteiger partial charge in [-0.3, -0.25) is 4.79 Å². The number of aliphatic hydroxyl groups excluding tert-OH is 1. The predicted molar refractivity (Wildman–Crippen MR) is 134 cm³/mol. The van der Waals surface area contributed by atoms with Gasteiger partial charge in [-0.1, -0.05) is 32.4 Å². The van der Waals surface area contributed by atoms with Crippen molar-refractivity contribution in [1.82, 2.24) is 5.32 Å². The summed E-state index contributed by atoms with van der Waals surface area (Å²) in [7, 11) is -1.71. The number of hydrogen-bond acceptors (Lipinski definition) is 6. The molecule has 0 saturated heterocycles. The van der Waals surface area contributed by atoms with E-state index in [0.717, 1.165) is 17.9 Å². The first kappa shape index (κ1) is 25.7. The largest absolute Gasteiger partial charge is 0.415 e. The zero-order valence-corrected chi connectivity index (χ0v) is 21.5. The fraction of sp³-hybridized carbons (Fsp3) is 0.500. The van der Waals surface area contributed by atoms with E-state index in [-0.39, 0.29) is 17.5 Å². The minimum Gasteiger partial charge on any atom is -0.415 e. The number of amides is 1. The molecule has 0 fully saturated rings. The van der Waals surface area contributed by atoms with Crippen molar-refractivity contribution in [2.24, 2.45) is 0 Å². The van der Waals surface area contributed by atoms with Gasteiger partial charge in [0.1, 0.15) is 0 Å². The molecule has 0 aliphatic carbocycles. The number of aliphatic hydroxyl groups is 1. The number of carbonyl (C=O) groups excluding carboxylic acids is 1. The Kier molecular flexibility index (Phi) is 9.39. The second-order valence-corrected chi connectivity index (χ2v) is 15.5. The molecular formula is C22H34ClN3O3SSi. The van der Waals surface area contributed by atoms with Gasteiger partial charge in [-0.25, -0.2) is 0 Å². The average molecular weight is 484 g/mol. The summed E-state index contributed by atoms with van der Waals surface area (Å²) in [6, 6.07) is 11.2. The minimum atomic E-state index is -1.71. The van der Waals surface area contributed by atoms with Crippen LogP contribution in [-0.2, 0) is 4.43 Å². The van der Waals surface area contributed by atoms with Crippen LogP contribution in [0.4, 0.5) is 11.4 Å². The molecular weight excluding hydrogens is 450 g/mol. The lowest BCUT2D eigenvalue weighted by Crippen LogP contribution is -2.41. The maximum Gasteiger partial charge on any atom is 0.261 e. The van der Waals surface area contributed by atoms with E-state index in [2.05, 4.69) is 49.8 Å². The topological polar surface area (TPSA) is 82.6 Å². The van der Waals surface area contributed by atoms with Crippen molar-refractivity contribution in [2.45, 2.75) is 45.0 Å². The highest BCUT2D eigenvalue weighted by atomic mass is 35.5. The third-order valence-corrected chi connectivity index (χ3v) is 11.2. The van der Waals surface area contributed by atoms with Gasteiger partial charge in [0.05, 0.1) is 21.9 Å². The van der Waals surface area contributed by atoms with Gasteiger partial charge in [0, 0.05) is 31.0 Å².